The Morgan fingerprint density at radius 1 is 1.40 bits per heavy atom. The predicted molar refractivity (Wildman–Crippen MR) is 40.3 cm³/mol. The molecule has 0 radical (unpaired) electrons. The first kappa shape index (κ1) is 13.5. The van der Waals surface area contributed by atoms with Crippen LogP contribution in [-0.4, -0.2) is 13.3 Å². The van der Waals surface area contributed by atoms with Crippen LogP contribution in [0.5, 0.6) is 0 Å². The van der Waals surface area contributed by atoms with Crippen molar-refractivity contribution >= 4 is 8.03 Å². The van der Waals surface area contributed by atoms with Gasteiger partial charge in [0.1, 0.15) is 0 Å². The molecule has 0 aromatic carbocycles. The van der Waals surface area contributed by atoms with Gasteiger partial charge in [0.15, 0.2) is 8.03 Å². The van der Waals surface area contributed by atoms with Gasteiger partial charge in [0.2, 0.25) is 0 Å². The summed E-state index contributed by atoms with van der Waals surface area (Å²) in [5.74, 6) is 0. The Balaban J connectivity index is 0. The van der Waals surface area contributed by atoms with Gasteiger partial charge in [-0.15, -0.1) is 0 Å². The van der Waals surface area contributed by atoms with Gasteiger partial charge in [-0.3, -0.25) is 4.57 Å². The molecule has 60 valence electrons. The standard InChI is InChI=1S/C6H15O2P.Ti/c1-6(2,3)5-9(7)8-4;/h9H,5H2,1-4H3;. The first-order chi connectivity index (χ1) is 3.95. The number of hydrogen-bond donors (Lipinski definition) is 0. The Kier molecular flexibility index (Phi) is 7.48. The van der Waals surface area contributed by atoms with Gasteiger partial charge in [-0.1, -0.05) is 20.8 Å². The van der Waals surface area contributed by atoms with E-state index in [2.05, 4.69) is 25.3 Å². The minimum atomic E-state index is -1.74. The molecule has 0 aliphatic rings. The molecule has 0 aromatic heterocycles. The normalized spacial score (nSPS) is 14.0. The molecule has 1 atom stereocenters. The minimum Gasteiger partial charge on any atom is -0.334 e. The Hall–Kier alpha value is 0.904. The second kappa shape index (κ2) is 5.54. The maximum atomic E-state index is 10.8. The van der Waals surface area contributed by atoms with Gasteiger partial charge in [-0.2, -0.15) is 0 Å². The molecule has 0 fully saturated rings. The summed E-state index contributed by atoms with van der Waals surface area (Å²) < 4.78 is 15.5. The second-order valence-electron chi connectivity index (χ2n) is 3.31. The van der Waals surface area contributed by atoms with E-state index >= 15 is 0 Å². The van der Waals surface area contributed by atoms with Crippen molar-refractivity contribution in [1.82, 2.24) is 0 Å². The van der Waals surface area contributed by atoms with Gasteiger partial charge in [-0.25, -0.2) is 0 Å². The summed E-state index contributed by atoms with van der Waals surface area (Å²) in [7, 11) is -0.243. The Bertz CT molecular complexity index is 109. The quantitative estimate of drug-likeness (QED) is 0.501. The zero-order valence-electron chi connectivity index (χ0n) is 7.02. The van der Waals surface area contributed by atoms with Crippen molar-refractivity contribution in [2.24, 2.45) is 5.41 Å². The molecule has 1 unspecified atom stereocenters. The van der Waals surface area contributed by atoms with E-state index in [-0.39, 0.29) is 27.1 Å². The van der Waals surface area contributed by atoms with E-state index in [1.54, 1.807) is 0 Å². The molecular weight excluding hydrogens is 183 g/mol. The summed E-state index contributed by atoms with van der Waals surface area (Å²) in [6, 6.07) is 0. The van der Waals surface area contributed by atoms with E-state index in [0.717, 1.165) is 0 Å². The molecule has 10 heavy (non-hydrogen) atoms. The summed E-state index contributed by atoms with van der Waals surface area (Å²) in [4.78, 5) is 0. The Labute approximate surface area is 78.5 Å². The monoisotopic (exact) mass is 198 g/mol. The molecule has 0 saturated carbocycles. The van der Waals surface area contributed by atoms with Crippen LogP contribution in [0.4, 0.5) is 0 Å². The zero-order chi connectivity index (χ0) is 7.49. The van der Waals surface area contributed by atoms with Gasteiger partial charge in [-0.05, 0) is 5.41 Å². The molecule has 0 aromatic rings. The molecule has 0 heterocycles. The molecular formula is C6H15O2PTi. The first-order valence-corrected chi connectivity index (χ1v) is 4.55. The maximum Gasteiger partial charge on any atom is 0.191 e. The number of rotatable bonds is 2. The van der Waals surface area contributed by atoms with Crippen molar-refractivity contribution in [1.29, 1.82) is 0 Å². The average Bonchev–Trinajstić information content (AvgIpc) is 1.62. The zero-order valence-corrected chi connectivity index (χ0v) is 9.59. The molecule has 0 bridgehead atoms. The molecule has 0 amide bonds. The molecule has 2 nitrogen and oxygen atoms in total. The van der Waals surface area contributed by atoms with Gasteiger partial charge >= 0.3 is 0 Å². The largest absolute Gasteiger partial charge is 0.334 e. The van der Waals surface area contributed by atoms with Gasteiger partial charge in [0.05, 0.1) is 0 Å². The van der Waals surface area contributed by atoms with Crippen LogP contribution in [0.1, 0.15) is 20.8 Å². The van der Waals surface area contributed by atoms with E-state index in [1.165, 1.54) is 7.11 Å². The molecule has 0 aliphatic carbocycles. The summed E-state index contributed by atoms with van der Waals surface area (Å²) in [6.07, 6.45) is 0.675. The van der Waals surface area contributed by atoms with Crippen LogP contribution in [0.2, 0.25) is 0 Å². The summed E-state index contributed by atoms with van der Waals surface area (Å²) in [6.45, 7) is 6.15. The van der Waals surface area contributed by atoms with E-state index in [0.29, 0.717) is 6.16 Å². The SMILES string of the molecule is CO[PH](=O)CC(C)(C)C.[Ti]. The predicted octanol–water partition coefficient (Wildman–Crippen LogP) is 2.15. The molecule has 0 saturated heterocycles. The van der Waals surface area contributed by atoms with Crippen molar-refractivity contribution in [3.63, 3.8) is 0 Å². The minimum absolute atomic E-state index is 0. The van der Waals surface area contributed by atoms with E-state index in [1.807, 2.05) is 0 Å². The van der Waals surface area contributed by atoms with Crippen molar-refractivity contribution in [3.05, 3.63) is 0 Å². The van der Waals surface area contributed by atoms with Crippen LogP contribution in [0, 0.1) is 5.41 Å². The van der Waals surface area contributed by atoms with Crippen molar-refractivity contribution < 1.29 is 30.8 Å². The molecule has 0 N–H and O–H groups in total. The van der Waals surface area contributed by atoms with Crippen molar-refractivity contribution in [3.8, 4) is 0 Å². The van der Waals surface area contributed by atoms with Crippen LogP contribution in [-0.2, 0) is 30.8 Å². The average molecular weight is 198 g/mol. The summed E-state index contributed by atoms with van der Waals surface area (Å²) in [5, 5.41) is 0. The van der Waals surface area contributed by atoms with Gasteiger partial charge < -0.3 is 4.52 Å². The van der Waals surface area contributed by atoms with E-state index < -0.39 is 8.03 Å². The maximum absolute atomic E-state index is 10.8. The topological polar surface area (TPSA) is 26.3 Å². The smallest absolute Gasteiger partial charge is 0.191 e. The third kappa shape index (κ3) is 8.90. The third-order valence-electron chi connectivity index (χ3n) is 0.902. The summed E-state index contributed by atoms with van der Waals surface area (Å²) in [5.41, 5.74) is 0.131. The third-order valence-corrected chi connectivity index (χ3v) is 2.71. The van der Waals surface area contributed by atoms with Crippen molar-refractivity contribution in [2.75, 3.05) is 13.3 Å². The van der Waals surface area contributed by atoms with E-state index in [9.17, 15) is 4.57 Å². The van der Waals surface area contributed by atoms with Crippen LogP contribution in [0.15, 0.2) is 0 Å². The first-order valence-electron chi connectivity index (χ1n) is 3.02. The summed E-state index contributed by atoms with van der Waals surface area (Å²) >= 11 is 0. The molecule has 0 rings (SSSR count). The molecule has 0 spiro atoms. The number of hydrogen-bond acceptors (Lipinski definition) is 2. The molecule has 0 aliphatic heterocycles. The van der Waals surface area contributed by atoms with Crippen LogP contribution < -0.4 is 0 Å². The Morgan fingerprint density at radius 3 is 1.90 bits per heavy atom. The molecule has 4 heteroatoms. The van der Waals surface area contributed by atoms with Crippen LogP contribution >= 0.6 is 8.03 Å². The van der Waals surface area contributed by atoms with E-state index in [4.69, 9.17) is 0 Å². The fourth-order valence-corrected chi connectivity index (χ4v) is 1.52. The fourth-order valence-electron chi connectivity index (χ4n) is 0.505. The van der Waals surface area contributed by atoms with Gasteiger partial charge in [0.25, 0.3) is 0 Å². The van der Waals surface area contributed by atoms with Crippen molar-refractivity contribution in [2.45, 2.75) is 20.8 Å². The second-order valence-corrected chi connectivity index (χ2v) is 4.82. The van der Waals surface area contributed by atoms with Crippen LogP contribution in [0.3, 0.4) is 0 Å². The fraction of sp³-hybridized carbons (Fsp3) is 1.00. The van der Waals surface area contributed by atoms with Gasteiger partial charge in [0, 0.05) is 35.0 Å². The Morgan fingerprint density at radius 2 is 1.80 bits per heavy atom. The van der Waals surface area contributed by atoms with Crippen LogP contribution in [0.25, 0.3) is 0 Å².